The molecule has 0 saturated carbocycles. The molecule has 5 aromatic carbocycles. The van der Waals surface area contributed by atoms with E-state index in [0.29, 0.717) is 33.2 Å². The number of halogens is 4. The number of carboxylic acid groups (broad SMARTS) is 2. The van der Waals surface area contributed by atoms with Crippen LogP contribution >= 0.6 is 46.4 Å². The lowest BCUT2D eigenvalue weighted by molar-refractivity contribution is -0.307. The van der Waals surface area contributed by atoms with Gasteiger partial charge in [0.15, 0.2) is 12.2 Å². The summed E-state index contributed by atoms with van der Waals surface area (Å²) in [5, 5.41) is 23.3. The number of carbonyl (C=O) groups excluding carboxylic acids is 8. The van der Waals surface area contributed by atoms with E-state index in [-0.39, 0.29) is 77.1 Å². The average Bonchev–Trinajstić information content (AvgIpc) is 1.81. The quantitative estimate of drug-likeness (QED) is 0.0194. The van der Waals surface area contributed by atoms with Gasteiger partial charge in [-0.25, -0.2) is 9.97 Å². The van der Waals surface area contributed by atoms with Gasteiger partial charge in [0, 0.05) is 88.1 Å². The minimum atomic E-state index is -1.36. The van der Waals surface area contributed by atoms with Gasteiger partial charge in [-0.3, -0.25) is 28.8 Å². The molecule has 0 spiro atoms. The number of carbonyl (C=O) groups is 8. The lowest BCUT2D eigenvalue weighted by atomic mass is 9.96. The molecule has 2 atom stereocenters. The maximum Gasteiger partial charge on any atom is 0.306 e. The standard InChI is InChI=1S/2C23H40O8.C22H18N2.C18H14Cl4N2O/c2*1-3-5-7-9-11-13-21(26)29-17-19(31-23(28)16-15-20(24)25)18-30-22(27)14-12-10-8-6-4-2;1-3-7-18(8-4-1)19-11-13-21(14-12-19)22(24-16-15-23-17-24)20-9-5-2-6-10-20;19-13-2-1-12(16(21)7-13)10-25-18(9-24-6-5-23-11-24)15-4-3-14(20)8-17(15)22/h2*19H,3-18H2,1-2H3,(H,24,25);1-17,22H;1-8,11,18H,9-10H2/p-2. The molecule has 0 N–H and O–H groups in total. The fraction of sp³-hybridized carbons (Fsp3) is 0.488. The Kier molecular flexibility index (Phi) is 49.8. The third-order valence-electron chi connectivity index (χ3n) is 17.3. The molecular formula is C86H110Cl4N4O17-2. The van der Waals surface area contributed by atoms with Crippen LogP contribution in [0, 0.1) is 0 Å². The Morgan fingerprint density at radius 2 is 0.802 bits per heavy atom. The van der Waals surface area contributed by atoms with E-state index in [1.165, 1.54) is 22.3 Å². The second kappa shape index (κ2) is 58.3. The molecule has 0 radical (unpaired) electrons. The molecule has 0 aliphatic heterocycles. The Morgan fingerprint density at radius 3 is 1.20 bits per heavy atom. The molecule has 606 valence electrons. The number of benzene rings is 5. The van der Waals surface area contributed by atoms with Crippen LogP contribution in [0.1, 0.15) is 242 Å². The molecule has 7 aromatic rings. The van der Waals surface area contributed by atoms with E-state index in [2.05, 4.69) is 115 Å². The molecule has 7 rings (SSSR count). The summed E-state index contributed by atoms with van der Waals surface area (Å²) in [7, 11) is 0. The minimum absolute atomic E-state index is 0.138. The Hall–Kier alpha value is -8.60. The predicted octanol–water partition coefficient (Wildman–Crippen LogP) is 18.1. The second-order valence-electron chi connectivity index (χ2n) is 26.6. The van der Waals surface area contributed by atoms with Crippen molar-refractivity contribution in [2.45, 2.75) is 245 Å². The van der Waals surface area contributed by atoms with Crippen LogP contribution in [0.3, 0.4) is 0 Å². The summed E-state index contributed by atoms with van der Waals surface area (Å²) in [6, 6.07) is 40.6. The Bertz CT molecular complexity index is 3590. The highest BCUT2D eigenvalue weighted by Gasteiger charge is 2.23. The molecule has 2 unspecified atom stereocenters. The number of hydrogen-bond donors (Lipinski definition) is 0. The third kappa shape index (κ3) is 43.1. The molecule has 0 saturated heterocycles. The topological polar surface area (TPSA) is 283 Å². The summed E-state index contributed by atoms with van der Waals surface area (Å²) in [6.45, 7) is 8.38. The van der Waals surface area contributed by atoms with E-state index in [4.69, 9.17) is 79.6 Å². The molecule has 111 heavy (non-hydrogen) atoms. The first kappa shape index (κ1) is 94.8. The monoisotopic (exact) mass is 1610 g/mol. The number of aliphatic carboxylic acids is 2. The van der Waals surface area contributed by atoms with Crippen molar-refractivity contribution >= 4 is 94.2 Å². The predicted molar refractivity (Wildman–Crippen MR) is 426 cm³/mol. The molecule has 0 aliphatic rings. The van der Waals surface area contributed by atoms with Gasteiger partial charge in [0.25, 0.3) is 0 Å². The van der Waals surface area contributed by atoms with Crippen molar-refractivity contribution in [2.24, 2.45) is 0 Å². The van der Waals surface area contributed by atoms with Crippen LogP contribution in [0.25, 0.3) is 11.1 Å². The SMILES string of the molecule is CCCCCCCC(=O)OCC(COC(=O)CCCCCCC)OC(=O)CCC(=O)[O-].CCCCCCCC(=O)OCC(COC(=O)CCCCCCC)OC(=O)CCC(=O)[O-].Clc1ccc(COC(Cn2ccnc2)c2ccc(Cl)cc2Cl)c(Cl)c1.c1ccc(-c2ccc(C(c3ccccc3)n3ccnc3)cc2)cc1. The van der Waals surface area contributed by atoms with Crippen LogP contribution in [0.15, 0.2) is 159 Å². The highest BCUT2D eigenvalue weighted by molar-refractivity contribution is 6.35. The van der Waals surface area contributed by atoms with E-state index in [1.54, 1.807) is 36.8 Å². The van der Waals surface area contributed by atoms with E-state index in [9.17, 15) is 48.6 Å². The molecule has 0 bridgehead atoms. The van der Waals surface area contributed by atoms with Gasteiger partial charge in [-0.2, -0.15) is 0 Å². The highest BCUT2D eigenvalue weighted by atomic mass is 35.5. The van der Waals surface area contributed by atoms with Crippen molar-refractivity contribution in [3.63, 3.8) is 0 Å². The van der Waals surface area contributed by atoms with Gasteiger partial charge >= 0.3 is 35.8 Å². The van der Waals surface area contributed by atoms with Crippen molar-refractivity contribution in [1.82, 2.24) is 19.1 Å². The number of nitrogens with zero attached hydrogens (tertiary/aromatic N) is 4. The maximum atomic E-state index is 11.9. The average molecular weight is 1610 g/mol. The number of hydrogen-bond acceptors (Lipinski definition) is 19. The maximum absolute atomic E-state index is 11.9. The van der Waals surface area contributed by atoms with Crippen LogP contribution in [0.2, 0.25) is 20.1 Å². The first-order chi connectivity index (χ1) is 53.7. The minimum Gasteiger partial charge on any atom is -0.550 e. The summed E-state index contributed by atoms with van der Waals surface area (Å²) >= 11 is 24.5. The van der Waals surface area contributed by atoms with Gasteiger partial charge < -0.3 is 62.1 Å². The smallest absolute Gasteiger partial charge is 0.306 e. The van der Waals surface area contributed by atoms with Crippen molar-refractivity contribution in [3.8, 4) is 11.1 Å². The summed E-state index contributed by atoms with van der Waals surface area (Å²) in [5.74, 6) is -5.91. The van der Waals surface area contributed by atoms with Crippen molar-refractivity contribution in [3.05, 3.63) is 201 Å². The van der Waals surface area contributed by atoms with Crippen molar-refractivity contribution in [2.75, 3.05) is 26.4 Å². The Balaban J connectivity index is 0.000000313. The lowest BCUT2D eigenvalue weighted by Gasteiger charge is -2.21. The summed E-state index contributed by atoms with van der Waals surface area (Å²) in [5.41, 5.74) is 6.68. The Labute approximate surface area is 674 Å². The fourth-order valence-electron chi connectivity index (χ4n) is 11.2. The first-order valence-corrected chi connectivity index (χ1v) is 40.3. The van der Waals surface area contributed by atoms with Crippen LogP contribution in [-0.2, 0) is 84.7 Å². The van der Waals surface area contributed by atoms with Gasteiger partial charge in [0.1, 0.15) is 32.5 Å². The number of rotatable bonds is 50. The highest BCUT2D eigenvalue weighted by Crippen LogP contribution is 2.33. The van der Waals surface area contributed by atoms with E-state index in [0.717, 1.165) is 140 Å². The second-order valence-corrected chi connectivity index (χ2v) is 28.3. The van der Waals surface area contributed by atoms with Crippen molar-refractivity contribution in [1.29, 1.82) is 0 Å². The number of esters is 6. The van der Waals surface area contributed by atoms with Gasteiger partial charge in [-0.15, -0.1) is 0 Å². The van der Waals surface area contributed by atoms with E-state index < -0.39 is 72.8 Å². The number of unbranched alkanes of at least 4 members (excludes halogenated alkanes) is 16. The zero-order chi connectivity index (χ0) is 80.6. The summed E-state index contributed by atoms with van der Waals surface area (Å²) in [4.78, 5) is 100. The zero-order valence-electron chi connectivity index (χ0n) is 64.6. The van der Waals surface area contributed by atoms with Crippen LogP contribution in [0.5, 0.6) is 0 Å². The summed E-state index contributed by atoms with van der Waals surface area (Å²) < 4.78 is 41.1. The number of aromatic nitrogens is 4. The van der Waals surface area contributed by atoms with Gasteiger partial charge in [-0.05, 0) is 90.6 Å². The van der Waals surface area contributed by atoms with E-state index in [1.807, 2.05) is 53.8 Å². The van der Waals surface area contributed by atoms with Gasteiger partial charge in [-0.1, -0.05) is 274 Å². The summed E-state index contributed by atoms with van der Waals surface area (Å²) in [6.07, 6.45) is 28.1. The van der Waals surface area contributed by atoms with Crippen LogP contribution in [-0.4, -0.2) is 105 Å². The molecule has 21 nitrogen and oxygen atoms in total. The molecule has 2 aromatic heterocycles. The molecular weight excluding hydrogens is 1500 g/mol. The molecule has 0 fully saturated rings. The molecule has 0 aliphatic carbocycles. The van der Waals surface area contributed by atoms with Gasteiger partial charge in [0.05, 0.1) is 44.7 Å². The lowest BCUT2D eigenvalue weighted by Crippen LogP contribution is -2.31. The largest absolute Gasteiger partial charge is 0.550 e. The van der Waals surface area contributed by atoms with Crippen LogP contribution in [0.4, 0.5) is 0 Å². The first-order valence-electron chi connectivity index (χ1n) is 38.8. The Morgan fingerprint density at radius 1 is 0.405 bits per heavy atom. The fourth-order valence-corrected chi connectivity index (χ4v) is 12.1. The van der Waals surface area contributed by atoms with Gasteiger partial charge in [0.2, 0.25) is 0 Å². The third-order valence-corrected chi connectivity index (χ3v) is 18.4. The number of imidazole rings is 2. The number of ether oxygens (including phenoxy) is 7. The normalized spacial score (nSPS) is 11.3. The molecule has 2 heterocycles. The zero-order valence-corrected chi connectivity index (χ0v) is 67.6. The van der Waals surface area contributed by atoms with Crippen LogP contribution < -0.4 is 10.2 Å². The van der Waals surface area contributed by atoms with Crippen molar-refractivity contribution < 1.29 is 81.7 Å². The van der Waals surface area contributed by atoms with E-state index >= 15 is 0 Å². The molecule has 25 heteroatoms. The molecule has 0 amide bonds. The number of carboxylic acids is 2.